The van der Waals surface area contributed by atoms with Crippen molar-refractivity contribution in [2.45, 2.75) is 0 Å². The standard InChI is InChI=1S/C51H32N2/c1-3-12-38-29-41(23-19-33(38)9-1)50-44-14-6-7-15-45(44)51(42-24-20-34-10-2-4-13-39(34)30-42)47-31-40(26-28-46(47)50)35-17-21-36(22-18-35)48-32-43-27-25-37-11-5-8-16-49(37)53(43)52-48/h1-32H. The topological polar surface area (TPSA) is 17.3 Å². The maximum absolute atomic E-state index is 5.02. The van der Waals surface area contributed by atoms with E-state index in [9.17, 15) is 0 Å². The average Bonchev–Trinajstić information content (AvgIpc) is 3.68. The summed E-state index contributed by atoms with van der Waals surface area (Å²) in [5, 5.41) is 16.2. The van der Waals surface area contributed by atoms with Gasteiger partial charge in [0.05, 0.1) is 16.7 Å². The number of hydrogen-bond donors (Lipinski definition) is 0. The minimum Gasteiger partial charge on any atom is -0.232 e. The van der Waals surface area contributed by atoms with Gasteiger partial charge in [0.1, 0.15) is 0 Å². The zero-order valence-corrected chi connectivity index (χ0v) is 28.9. The number of rotatable bonds is 4. The highest BCUT2D eigenvalue weighted by Gasteiger charge is 2.18. The molecule has 0 N–H and O–H groups in total. The molecular formula is C51H32N2. The van der Waals surface area contributed by atoms with Crippen LogP contribution in [0, 0.1) is 0 Å². The van der Waals surface area contributed by atoms with E-state index in [1.807, 2.05) is 4.52 Å². The van der Waals surface area contributed by atoms with Gasteiger partial charge in [0, 0.05) is 10.9 Å². The lowest BCUT2D eigenvalue weighted by Gasteiger charge is -2.19. The molecule has 0 saturated heterocycles. The zero-order valence-electron chi connectivity index (χ0n) is 28.9. The molecule has 9 aromatic carbocycles. The molecule has 0 aliphatic carbocycles. The third-order valence-corrected chi connectivity index (χ3v) is 10.9. The van der Waals surface area contributed by atoms with Crippen molar-refractivity contribution < 1.29 is 0 Å². The van der Waals surface area contributed by atoms with Crippen molar-refractivity contribution in [1.82, 2.24) is 9.61 Å². The van der Waals surface area contributed by atoms with Crippen LogP contribution in [-0.4, -0.2) is 9.61 Å². The van der Waals surface area contributed by atoms with Crippen LogP contribution in [-0.2, 0) is 0 Å². The predicted octanol–water partition coefficient (Wildman–Crippen LogP) is 13.8. The van der Waals surface area contributed by atoms with E-state index >= 15 is 0 Å². The molecule has 0 saturated carbocycles. The Balaban J connectivity index is 1.11. The van der Waals surface area contributed by atoms with Gasteiger partial charge < -0.3 is 0 Å². The van der Waals surface area contributed by atoms with Gasteiger partial charge in [-0.05, 0) is 113 Å². The molecule has 0 bridgehead atoms. The summed E-state index contributed by atoms with van der Waals surface area (Å²) in [7, 11) is 0. The van der Waals surface area contributed by atoms with Gasteiger partial charge in [0.25, 0.3) is 0 Å². The molecule has 0 spiro atoms. The fraction of sp³-hybridized carbons (Fsp3) is 0. The monoisotopic (exact) mass is 672 g/mol. The van der Waals surface area contributed by atoms with Crippen LogP contribution in [0.15, 0.2) is 194 Å². The normalized spacial score (nSPS) is 11.8. The molecule has 246 valence electrons. The molecule has 2 nitrogen and oxygen atoms in total. The molecule has 0 aliphatic rings. The molecule has 2 heterocycles. The fourth-order valence-electron chi connectivity index (χ4n) is 8.35. The van der Waals surface area contributed by atoms with Crippen LogP contribution in [0.3, 0.4) is 0 Å². The first-order valence-corrected chi connectivity index (χ1v) is 18.2. The first-order chi connectivity index (χ1) is 26.2. The Labute approximate surface area is 306 Å². The van der Waals surface area contributed by atoms with Crippen molar-refractivity contribution in [2.75, 3.05) is 0 Å². The van der Waals surface area contributed by atoms with E-state index in [0.717, 1.165) is 22.3 Å². The number of para-hydroxylation sites is 1. The minimum absolute atomic E-state index is 0.969. The SMILES string of the molecule is c1ccc2cc(-c3c4ccccc4c(-c4ccc5ccccc5c4)c4cc(-c5ccc(-c6cc7ccc8ccccc8n7n6)cc5)ccc34)ccc2c1. The number of fused-ring (bicyclic) bond motifs is 7. The van der Waals surface area contributed by atoms with Crippen molar-refractivity contribution in [3.8, 4) is 44.6 Å². The second kappa shape index (κ2) is 11.8. The van der Waals surface area contributed by atoms with Gasteiger partial charge in [-0.2, -0.15) is 5.10 Å². The Morgan fingerprint density at radius 1 is 0.302 bits per heavy atom. The smallest absolute Gasteiger partial charge is 0.0933 e. The minimum atomic E-state index is 0.969. The van der Waals surface area contributed by atoms with Crippen LogP contribution in [0.4, 0.5) is 0 Å². The quantitative estimate of drug-likeness (QED) is 0.170. The molecular weight excluding hydrogens is 641 g/mol. The summed E-state index contributed by atoms with van der Waals surface area (Å²) < 4.78 is 2.05. The Hall–Kier alpha value is -7.03. The van der Waals surface area contributed by atoms with Crippen LogP contribution < -0.4 is 0 Å². The summed E-state index contributed by atoms with van der Waals surface area (Å²) >= 11 is 0. The van der Waals surface area contributed by atoms with Crippen molar-refractivity contribution in [3.63, 3.8) is 0 Å². The van der Waals surface area contributed by atoms with E-state index in [1.54, 1.807) is 0 Å². The first kappa shape index (κ1) is 29.7. The van der Waals surface area contributed by atoms with Gasteiger partial charge in [0.15, 0.2) is 0 Å². The van der Waals surface area contributed by atoms with Gasteiger partial charge >= 0.3 is 0 Å². The Bertz CT molecular complexity index is 3220. The molecule has 0 atom stereocenters. The molecule has 2 aromatic heterocycles. The summed E-state index contributed by atoms with van der Waals surface area (Å²) in [5.41, 5.74) is 11.6. The van der Waals surface area contributed by atoms with E-state index in [0.29, 0.717) is 0 Å². The highest BCUT2D eigenvalue weighted by atomic mass is 15.2. The van der Waals surface area contributed by atoms with Crippen molar-refractivity contribution >= 4 is 59.5 Å². The van der Waals surface area contributed by atoms with Crippen molar-refractivity contribution in [3.05, 3.63) is 194 Å². The van der Waals surface area contributed by atoms with Crippen molar-refractivity contribution in [2.24, 2.45) is 0 Å². The van der Waals surface area contributed by atoms with Crippen LogP contribution in [0.25, 0.3) is 104 Å². The van der Waals surface area contributed by atoms with E-state index in [4.69, 9.17) is 5.10 Å². The number of nitrogens with zero attached hydrogens (tertiary/aromatic N) is 2. The van der Waals surface area contributed by atoms with Crippen LogP contribution >= 0.6 is 0 Å². The molecule has 0 radical (unpaired) electrons. The molecule has 0 aliphatic heterocycles. The van der Waals surface area contributed by atoms with E-state index in [-0.39, 0.29) is 0 Å². The lowest BCUT2D eigenvalue weighted by Crippen LogP contribution is -1.92. The van der Waals surface area contributed by atoms with E-state index in [1.165, 1.54) is 81.9 Å². The molecule has 2 heteroatoms. The van der Waals surface area contributed by atoms with E-state index < -0.39 is 0 Å². The molecule has 0 amide bonds. The zero-order chi connectivity index (χ0) is 34.9. The summed E-state index contributed by atoms with van der Waals surface area (Å²) in [6.07, 6.45) is 0. The molecule has 11 rings (SSSR count). The van der Waals surface area contributed by atoms with Gasteiger partial charge in [-0.1, -0.05) is 158 Å². The Morgan fingerprint density at radius 3 is 1.47 bits per heavy atom. The fourth-order valence-corrected chi connectivity index (χ4v) is 8.35. The predicted molar refractivity (Wildman–Crippen MR) is 224 cm³/mol. The molecule has 53 heavy (non-hydrogen) atoms. The summed E-state index contributed by atoms with van der Waals surface area (Å²) in [5.74, 6) is 0. The summed E-state index contributed by atoms with van der Waals surface area (Å²) in [6, 6.07) is 70.8. The highest BCUT2D eigenvalue weighted by Crippen LogP contribution is 2.45. The summed E-state index contributed by atoms with van der Waals surface area (Å²) in [6.45, 7) is 0. The lowest BCUT2D eigenvalue weighted by molar-refractivity contribution is 1.01. The average molecular weight is 673 g/mol. The molecule has 11 aromatic rings. The summed E-state index contributed by atoms with van der Waals surface area (Å²) in [4.78, 5) is 0. The molecule has 0 fully saturated rings. The number of hydrogen-bond acceptors (Lipinski definition) is 1. The Morgan fingerprint density at radius 2 is 0.792 bits per heavy atom. The number of pyridine rings is 1. The second-order valence-electron chi connectivity index (χ2n) is 14.0. The van der Waals surface area contributed by atoms with E-state index in [2.05, 4.69) is 194 Å². The van der Waals surface area contributed by atoms with Gasteiger partial charge in [0.2, 0.25) is 0 Å². The third-order valence-electron chi connectivity index (χ3n) is 10.9. The van der Waals surface area contributed by atoms with Gasteiger partial charge in [-0.25, -0.2) is 4.52 Å². The number of benzene rings is 9. The van der Waals surface area contributed by atoms with Gasteiger partial charge in [-0.15, -0.1) is 0 Å². The maximum atomic E-state index is 5.02. The maximum Gasteiger partial charge on any atom is 0.0933 e. The lowest BCUT2D eigenvalue weighted by atomic mass is 9.84. The van der Waals surface area contributed by atoms with Gasteiger partial charge in [-0.3, -0.25) is 0 Å². The Kier molecular flexibility index (Phi) is 6.59. The van der Waals surface area contributed by atoms with Crippen molar-refractivity contribution in [1.29, 1.82) is 0 Å². The third kappa shape index (κ3) is 4.84. The first-order valence-electron chi connectivity index (χ1n) is 18.2. The van der Waals surface area contributed by atoms with Crippen LogP contribution in [0.1, 0.15) is 0 Å². The van der Waals surface area contributed by atoms with Crippen LogP contribution in [0.5, 0.6) is 0 Å². The highest BCUT2D eigenvalue weighted by molar-refractivity contribution is 6.22. The number of aromatic nitrogens is 2. The largest absolute Gasteiger partial charge is 0.232 e. The van der Waals surface area contributed by atoms with Crippen LogP contribution in [0.2, 0.25) is 0 Å². The second-order valence-corrected chi connectivity index (χ2v) is 14.0. The molecule has 0 unspecified atom stereocenters.